The summed E-state index contributed by atoms with van der Waals surface area (Å²) in [6.07, 6.45) is 1.32. The van der Waals surface area contributed by atoms with E-state index in [0.717, 1.165) is 11.3 Å². The van der Waals surface area contributed by atoms with Crippen LogP contribution >= 0.6 is 0 Å². The Morgan fingerprint density at radius 3 is 2.94 bits per heavy atom. The first-order valence-electron chi connectivity index (χ1n) is 5.12. The van der Waals surface area contributed by atoms with E-state index in [1.165, 1.54) is 6.39 Å². The van der Waals surface area contributed by atoms with Gasteiger partial charge < -0.3 is 14.3 Å². The van der Waals surface area contributed by atoms with Crippen LogP contribution in [0.15, 0.2) is 35.1 Å². The van der Waals surface area contributed by atoms with Gasteiger partial charge in [0.05, 0.1) is 18.8 Å². The van der Waals surface area contributed by atoms with E-state index in [2.05, 4.69) is 4.98 Å². The van der Waals surface area contributed by atoms with Gasteiger partial charge in [0.1, 0.15) is 11.4 Å². The third kappa shape index (κ3) is 1.92. The van der Waals surface area contributed by atoms with Crippen LogP contribution in [0.4, 0.5) is 0 Å². The van der Waals surface area contributed by atoms with Crippen molar-refractivity contribution < 1.29 is 14.3 Å². The molecule has 2 aromatic rings. The molecule has 0 fully saturated rings. The topological polar surface area (TPSA) is 55.5 Å². The predicted octanol–water partition coefficient (Wildman–Crippen LogP) is 2.23. The average molecular weight is 219 g/mol. The number of hydrogen-bond acceptors (Lipinski definition) is 4. The van der Waals surface area contributed by atoms with E-state index in [0.29, 0.717) is 18.1 Å². The molecule has 1 N–H and O–H groups in total. The van der Waals surface area contributed by atoms with Gasteiger partial charge in [-0.15, -0.1) is 0 Å². The van der Waals surface area contributed by atoms with Crippen molar-refractivity contribution in [3.05, 3.63) is 36.4 Å². The molecule has 16 heavy (non-hydrogen) atoms. The van der Waals surface area contributed by atoms with E-state index < -0.39 is 0 Å². The molecule has 0 saturated heterocycles. The molecule has 0 amide bonds. The number of aromatic nitrogens is 1. The maximum atomic E-state index is 9.13. The van der Waals surface area contributed by atoms with Crippen molar-refractivity contribution in [3.8, 4) is 17.1 Å². The zero-order chi connectivity index (χ0) is 11.4. The van der Waals surface area contributed by atoms with E-state index >= 15 is 0 Å². The molecule has 0 unspecified atom stereocenters. The van der Waals surface area contributed by atoms with Crippen LogP contribution in [0.3, 0.4) is 0 Å². The quantitative estimate of drug-likeness (QED) is 0.856. The molecule has 0 aliphatic heterocycles. The van der Waals surface area contributed by atoms with E-state index in [1.54, 1.807) is 0 Å². The van der Waals surface area contributed by atoms with E-state index in [4.69, 9.17) is 14.3 Å². The molecule has 0 aliphatic rings. The summed E-state index contributed by atoms with van der Waals surface area (Å²) >= 11 is 0. The van der Waals surface area contributed by atoms with Crippen LogP contribution in [0, 0.1) is 0 Å². The Bertz CT molecular complexity index is 465. The Kier molecular flexibility index (Phi) is 3.22. The molecule has 0 aliphatic carbocycles. The minimum atomic E-state index is -0.147. The van der Waals surface area contributed by atoms with Crippen molar-refractivity contribution in [2.45, 2.75) is 13.5 Å². The number of aliphatic hydroxyl groups is 1. The average Bonchev–Trinajstić information content (AvgIpc) is 2.78. The molecule has 84 valence electrons. The second-order valence-electron chi connectivity index (χ2n) is 3.22. The molecule has 0 atom stereocenters. The van der Waals surface area contributed by atoms with Gasteiger partial charge in [0.2, 0.25) is 0 Å². The van der Waals surface area contributed by atoms with Crippen molar-refractivity contribution in [2.24, 2.45) is 0 Å². The fourth-order valence-electron chi connectivity index (χ4n) is 1.54. The van der Waals surface area contributed by atoms with Crippen LogP contribution in [0.1, 0.15) is 12.6 Å². The van der Waals surface area contributed by atoms with Gasteiger partial charge in [0, 0.05) is 0 Å². The fourth-order valence-corrected chi connectivity index (χ4v) is 1.54. The second-order valence-corrected chi connectivity index (χ2v) is 3.22. The largest absolute Gasteiger partial charge is 0.493 e. The first kappa shape index (κ1) is 10.7. The van der Waals surface area contributed by atoms with Crippen LogP contribution in [0.25, 0.3) is 11.3 Å². The van der Waals surface area contributed by atoms with Crippen molar-refractivity contribution in [1.29, 1.82) is 0 Å². The Morgan fingerprint density at radius 1 is 1.38 bits per heavy atom. The molecule has 0 saturated carbocycles. The number of hydrogen-bond donors (Lipinski definition) is 1. The number of para-hydroxylation sites is 1. The zero-order valence-electron chi connectivity index (χ0n) is 9.01. The van der Waals surface area contributed by atoms with Gasteiger partial charge >= 0.3 is 0 Å². The minimum absolute atomic E-state index is 0.147. The van der Waals surface area contributed by atoms with Gasteiger partial charge in [-0.05, 0) is 19.1 Å². The maximum absolute atomic E-state index is 9.13. The van der Waals surface area contributed by atoms with Crippen molar-refractivity contribution in [1.82, 2.24) is 4.98 Å². The highest BCUT2D eigenvalue weighted by atomic mass is 16.5. The SMILES string of the molecule is CCOc1ccccc1-c1ocnc1CO. The first-order valence-corrected chi connectivity index (χ1v) is 5.12. The molecule has 1 aromatic carbocycles. The normalized spacial score (nSPS) is 10.4. The van der Waals surface area contributed by atoms with Gasteiger partial charge in [-0.25, -0.2) is 4.98 Å². The maximum Gasteiger partial charge on any atom is 0.181 e. The summed E-state index contributed by atoms with van der Waals surface area (Å²) in [7, 11) is 0. The molecular formula is C12H13NO3. The molecule has 4 heteroatoms. The number of oxazole rings is 1. The Morgan fingerprint density at radius 2 is 2.19 bits per heavy atom. The molecule has 0 spiro atoms. The Balaban J connectivity index is 2.46. The fraction of sp³-hybridized carbons (Fsp3) is 0.250. The van der Waals surface area contributed by atoms with Gasteiger partial charge in [-0.3, -0.25) is 0 Å². The summed E-state index contributed by atoms with van der Waals surface area (Å²) in [5.41, 5.74) is 1.33. The minimum Gasteiger partial charge on any atom is -0.493 e. The standard InChI is InChI=1S/C12H13NO3/c1-2-15-11-6-4-3-5-9(11)12-10(7-14)13-8-16-12/h3-6,8,14H,2,7H2,1H3. The summed E-state index contributed by atoms with van der Waals surface area (Å²) in [4.78, 5) is 3.94. The van der Waals surface area contributed by atoms with Crippen molar-refractivity contribution in [2.75, 3.05) is 6.61 Å². The number of benzene rings is 1. The Hall–Kier alpha value is -1.81. The highest BCUT2D eigenvalue weighted by molar-refractivity contribution is 5.67. The first-order chi connectivity index (χ1) is 7.86. The highest BCUT2D eigenvalue weighted by Gasteiger charge is 2.13. The van der Waals surface area contributed by atoms with Gasteiger partial charge in [0.25, 0.3) is 0 Å². The summed E-state index contributed by atoms with van der Waals surface area (Å²) in [5, 5.41) is 9.13. The summed E-state index contributed by atoms with van der Waals surface area (Å²) in [5.74, 6) is 1.29. The lowest BCUT2D eigenvalue weighted by Gasteiger charge is -2.08. The summed E-state index contributed by atoms with van der Waals surface area (Å²) in [6, 6.07) is 7.53. The van der Waals surface area contributed by atoms with E-state index in [9.17, 15) is 0 Å². The van der Waals surface area contributed by atoms with Crippen molar-refractivity contribution >= 4 is 0 Å². The smallest absolute Gasteiger partial charge is 0.181 e. The van der Waals surface area contributed by atoms with Gasteiger partial charge in [-0.2, -0.15) is 0 Å². The molecule has 2 rings (SSSR count). The van der Waals surface area contributed by atoms with Crippen LogP contribution in [0.2, 0.25) is 0 Å². The second kappa shape index (κ2) is 4.81. The highest BCUT2D eigenvalue weighted by Crippen LogP contribution is 2.31. The zero-order valence-corrected chi connectivity index (χ0v) is 9.01. The summed E-state index contributed by atoms with van der Waals surface area (Å²) in [6.45, 7) is 2.36. The number of aliphatic hydroxyl groups excluding tert-OH is 1. The number of nitrogens with zero attached hydrogens (tertiary/aromatic N) is 1. The molecular weight excluding hydrogens is 206 g/mol. The molecule has 1 heterocycles. The van der Waals surface area contributed by atoms with Crippen molar-refractivity contribution in [3.63, 3.8) is 0 Å². The monoisotopic (exact) mass is 219 g/mol. The number of rotatable bonds is 4. The van der Waals surface area contributed by atoms with Gasteiger partial charge in [-0.1, -0.05) is 12.1 Å². The Labute approximate surface area is 93.5 Å². The van der Waals surface area contributed by atoms with Gasteiger partial charge in [0.15, 0.2) is 12.2 Å². The lowest BCUT2D eigenvalue weighted by atomic mass is 10.1. The third-order valence-corrected chi connectivity index (χ3v) is 2.22. The molecule has 0 bridgehead atoms. The van der Waals surface area contributed by atoms with Crippen LogP contribution < -0.4 is 4.74 Å². The van der Waals surface area contributed by atoms with E-state index in [-0.39, 0.29) is 6.61 Å². The van der Waals surface area contributed by atoms with Crippen LogP contribution in [-0.4, -0.2) is 16.7 Å². The molecule has 4 nitrogen and oxygen atoms in total. The van der Waals surface area contributed by atoms with E-state index in [1.807, 2.05) is 31.2 Å². The summed E-state index contributed by atoms with van der Waals surface area (Å²) < 4.78 is 10.8. The molecule has 1 aromatic heterocycles. The lowest BCUT2D eigenvalue weighted by molar-refractivity contribution is 0.277. The number of ether oxygens (including phenoxy) is 1. The van der Waals surface area contributed by atoms with Crippen LogP contribution in [-0.2, 0) is 6.61 Å². The third-order valence-electron chi connectivity index (χ3n) is 2.22. The molecule has 0 radical (unpaired) electrons. The van der Waals surface area contributed by atoms with Crippen LogP contribution in [0.5, 0.6) is 5.75 Å². The lowest BCUT2D eigenvalue weighted by Crippen LogP contribution is -1.95. The predicted molar refractivity (Wildman–Crippen MR) is 59.0 cm³/mol.